The Bertz CT molecular complexity index is 1070. The maximum Gasteiger partial charge on any atom is 0.248 e. The van der Waals surface area contributed by atoms with E-state index >= 15 is 0 Å². The molecular formula is C19H14N4O2S. The van der Waals surface area contributed by atoms with E-state index in [2.05, 4.69) is 20.5 Å². The van der Waals surface area contributed by atoms with Crippen molar-refractivity contribution in [3.8, 4) is 11.5 Å². The number of anilines is 1. The molecule has 0 radical (unpaired) electrons. The maximum atomic E-state index is 12.3. The molecule has 6 nitrogen and oxygen atoms in total. The van der Waals surface area contributed by atoms with Crippen LogP contribution in [0.25, 0.3) is 27.7 Å². The van der Waals surface area contributed by atoms with Crippen molar-refractivity contribution in [2.45, 2.75) is 6.92 Å². The maximum absolute atomic E-state index is 12.3. The van der Waals surface area contributed by atoms with Gasteiger partial charge in [0.15, 0.2) is 0 Å². The summed E-state index contributed by atoms with van der Waals surface area (Å²) in [7, 11) is 0. The minimum absolute atomic E-state index is 0.227. The van der Waals surface area contributed by atoms with Crippen molar-refractivity contribution in [1.29, 1.82) is 0 Å². The Hall–Kier alpha value is -3.32. The molecule has 0 aliphatic heterocycles. The zero-order valence-corrected chi connectivity index (χ0v) is 14.7. The molecule has 0 saturated heterocycles. The standard InChI is InChI=1S/C19H14N4O2S/c1-12-6-7-13(19-23-20-11-25-19)10-15(12)21-17(24)8-9-18-22-14-4-2-3-5-16(14)26-18/h2-11H,1H3,(H,21,24). The number of carbonyl (C=O) groups is 1. The lowest BCUT2D eigenvalue weighted by Gasteiger charge is -2.07. The molecule has 0 spiro atoms. The highest BCUT2D eigenvalue weighted by Gasteiger charge is 2.08. The fourth-order valence-corrected chi connectivity index (χ4v) is 3.34. The van der Waals surface area contributed by atoms with Crippen LogP contribution in [0.4, 0.5) is 5.69 Å². The first-order chi connectivity index (χ1) is 12.7. The summed E-state index contributed by atoms with van der Waals surface area (Å²) in [5, 5.41) is 11.2. The molecule has 0 aliphatic carbocycles. The van der Waals surface area contributed by atoms with Gasteiger partial charge in [-0.2, -0.15) is 0 Å². The summed E-state index contributed by atoms with van der Waals surface area (Å²) in [6.45, 7) is 1.92. The Kier molecular flexibility index (Phi) is 4.28. The van der Waals surface area contributed by atoms with Crippen LogP contribution in [0.1, 0.15) is 10.6 Å². The van der Waals surface area contributed by atoms with Crippen molar-refractivity contribution in [3.05, 3.63) is 65.5 Å². The van der Waals surface area contributed by atoms with Crippen LogP contribution in [0.15, 0.2) is 59.4 Å². The van der Waals surface area contributed by atoms with E-state index in [-0.39, 0.29) is 5.91 Å². The summed E-state index contributed by atoms with van der Waals surface area (Å²) in [6.07, 6.45) is 4.47. The number of nitrogens with one attached hydrogen (secondary N) is 1. The molecule has 4 rings (SSSR count). The van der Waals surface area contributed by atoms with E-state index in [0.29, 0.717) is 11.6 Å². The number of hydrogen-bond acceptors (Lipinski definition) is 6. The summed E-state index contributed by atoms with van der Waals surface area (Å²) >= 11 is 1.54. The SMILES string of the molecule is Cc1ccc(-c2nnco2)cc1NC(=O)C=Cc1nc2ccccc2s1. The number of carbonyl (C=O) groups excluding carboxylic acids is 1. The Balaban J connectivity index is 1.51. The van der Waals surface area contributed by atoms with Gasteiger partial charge in [0.1, 0.15) is 5.01 Å². The average molecular weight is 362 g/mol. The molecule has 2 aromatic heterocycles. The van der Waals surface area contributed by atoms with Crippen molar-refractivity contribution in [3.63, 3.8) is 0 Å². The van der Waals surface area contributed by atoms with Gasteiger partial charge >= 0.3 is 0 Å². The van der Waals surface area contributed by atoms with E-state index in [4.69, 9.17) is 4.42 Å². The summed E-state index contributed by atoms with van der Waals surface area (Å²) in [4.78, 5) is 16.8. The Labute approximate surface area is 153 Å². The number of nitrogens with zero attached hydrogens (tertiary/aromatic N) is 3. The molecule has 7 heteroatoms. The molecule has 26 heavy (non-hydrogen) atoms. The zero-order valence-electron chi connectivity index (χ0n) is 13.8. The Morgan fingerprint density at radius 3 is 2.92 bits per heavy atom. The van der Waals surface area contributed by atoms with E-state index in [1.54, 1.807) is 17.4 Å². The average Bonchev–Trinajstić information content (AvgIpc) is 3.31. The molecular weight excluding hydrogens is 348 g/mol. The van der Waals surface area contributed by atoms with Gasteiger partial charge in [0.05, 0.1) is 10.2 Å². The number of hydrogen-bond donors (Lipinski definition) is 1. The second-order valence-electron chi connectivity index (χ2n) is 5.62. The van der Waals surface area contributed by atoms with Gasteiger partial charge in [-0.3, -0.25) is 4.79 Å². The second-order valence-corrected chi connectivity index (χ2v) is 6.68. The third kappa shape index (κ3) is 3.38. The molecule has 4 aromatic rings. The number of fused-ring (bicyclic) bond motifs is 1. The van der Waals surface area contributed by atoms with E-state index in [1.807, 2.05) is 49.4 Å². The van der Waals surface area contributed by atoms with Crippen molar-refractivity contribution in [1.82, 2.24) is 15.2 Å². The summed E-state index contributed by atoms with van der Waals surface area (Å²) in [5.74, 6) is 0.181. The first-order valence-corrected chi connectivity index (χ1v) is 8.72. The van der Waals surface area contributed by atoms with Crippen molar-refractivity contribution >= 4 is 39.2 Å². The minimum atomic E-state index is -0.227. The van der Waals surface area contributed by atoms with E-state index in [1.165, 1.54) is 12.5 Å². The first kappa shape index (κ1) is 16.2. The van der Waals surface area contributed by atoms with Gasteiger partial charge in [0.25, 0.3) is 0 Å². The quantitative estimate of drug-likeness (QED) is 0.547. The lowest BCUT2D eigenvalue weighted by atomic mass is 10.1. The van der Waals surface area contributed by atoms with Crippen LogP contribution in [0, 0.1) is 6.92 Å². The predicted octanol–water partition coefficient (Wildman–Crippen LogP) is 4.31. The first-order valence-electron chi connectivity index (χ1n) is 7.91. The summed E-state index contributed by atoms with van der Waals surface area (Å²) in [5.41, 5.74) is 3.31. The van der Waals surface area contributed by atoms with E-state index < -0.39 is 0 Å². The fraction of sp³-hybridized carbons (Fsp3) is 0.0526. The van der Waals surface area contributed by atoms with Gasteiger partial charge in [-0.05, 0) is 42.8 Å². The molecule has 0 bridgehead atoms. The van der Waals surface area contributed by atoms with Gasteiger partial charge in [-0.15, -0.1) is 21.5 Å². The molecule has 1 N–H and O–H groups in total. The largest absolute Gasteiger partial charge is 0.423 e. The number of aromatic nitrogens is 3. The third-order valence-corrected chi connectivity index (χ3v) is 4.79. The smallest absolute Gasteiger partial charge is 0.248 e. The molecule has 128 valence electrons. The zero-order chi connectivity index (χ0) is 17.9. The predicted molar refractivity (Wildman–Crippen MR) is 102 cm³/mol. The minimum Gasteiger partial charge on any atom is -0.423 e. The molecule has 0 saturated carbocycles. The molecule has 2 heterocycles. The van der Waals surface area contributed by atoms with Crippen LogP contribution in [0.2, 0.25) is 0 Å². The van der Waals surface area contributed by atoms with E-state index in [0.717, 1.165) is 26.4 Å². The van der Waals surface area contributed by atoms with Crippen LogP contribution in [0.3, 0.4) is 0 Å². The monoisotopic (exact) mass is 362 g/mol. The molecule has 1 amide bonds. The lowest BCUT2D eigenvalue weighted by molar-refractivity contribution is -0.111. The highest BCUT2D eigenvalue weighted by Crippen LogP contribution is 2.24. The van der Waals surface area contributed by atoms with Gasteiger partial charge in [0.2, 0.25) is 18.2 Å². The van der Waals surface area contributed by atoms with Crippen LogP contribution in [-0.4, -0.2) is 21.1 Å². The fourth-order valence-electron chi connectivity index (χ4n) is 2.47. The van der Waals surface area contributed by atoms with Gasteiger partial charge in [0, 0.05) is 17.3 Å². The number of para-hydroxylation sites is 1. The second kappa shape index (κ2) is 6.89. The highest BCUT2D eigenvalue weighted by molar-refractivity contribution is 7.19. The molecule has 0 aliphatic rings. The number of benzene rings is 2. The normalized spacial score (nSPS) is 11.3. The summed E-state index contributed by atoms with van der Waals surface area (Å²) in [6, 6.07) is 13.5. The lowest BCUT2D eigenvalue weighted by Crippen LogP contribution is -2.09. The third-order valence-electron chi connectivity index (χ3n) is 3.79. The van der Waals surface area contributed by atoms with Crippen LogP contribution in [0.5, 0.6) is 0 Å². The molecule has 0 fully saturated rings. The molecule has 0 atom stereocenters. The van der Waals surface area contributed by atoms with Crippen LogP contribution >= 0.6 is 11.3 Å². The van der Waals surface area contributed by atoms with Crippen molar-refractivity contribution < 1.29 is 9.21 Å². The number of amides is 1. The molecule has 2 aromatic carbocycles. The van der Waals surface area contributed by atoms with Gasteiger partial charge < -0.3 is 9.73 Å². The Morgan fingerprint density at radius 1 is 1.23 bits per heavy atom. The van der Waals surface area contributed by atoms with Gasteiger partial charge in [-0.25, -0.2) is 4.98 Å². The van der Waals surface area contributed by atoms with Crippen LogP contribution in [-0.2, 0) is 4.79 Å². The molecule has 0 unspecified atom stereocenters. The number of rotatable bonds is 4. The van der Waals surface area contributed by atoms with E-state index in [9.17, 15) is 4.79 Å². The van der Waals surface area contributed by atoms with Crippen LogP contribution < -0.4 is 5.32 Å². The Morgan fingerprint density at radius 2 is 2.12 bits per heavy atom. The highest BCUT2D eigenvalue weighted by atomic mass is 32.1. The summed E-state index contributed by atoms with van der Waals surface area (Å²) < 4.78 is 6.29. The number of aryl methyl sites for hydroxylation is 1. The topological polar surface area (TPSA) is 80.9 Å². The van der Waals surface area contributed by atoms with Crippen molar-refractivity contribution in [2.24, 2.45) is 0 Å². The van der Waals surface area contributed by atoms with Gasteiger partial charge in [-0.1, -0.05) is 18.2 Å². The van der Waals surface area contributed by atoms with Crippen molar-refractivity contribution in [2.75, 3.05) is 5.32 Å². The number of thiazole rings is 1.